The van der Waals surface area contributed by atoms with E-state index in [0.717, 1.165) is 18.2 Å². The fourth-order valence-corrected chi connectivity index (χ4v) is 10.7. The molecule has 4 aromatic carbocycles. The molecule has 0 amide bonds. The summed E-state index contributed by atoms with van der Waals surface area (Å²) in [7, 11) is -15.6. The van der Waals surface area contributed by atoms with Crippen LogP contribution >= 0.6 is 15.2 Å². The highest BCUT2D eigenvalue weighted by atomic mass is 32.2. The van der Waals surface area contributed by atoms with Crippen LogP contribution in [0, 0.1) is 20.2 Å². The molecule has 320 valence electrons. The number of benzene rings is 4. The maximum atomic E-state index is 13.2. The zero-order valence-corrected chi connectivity index (χ0v) is 35.5. The van der Waals surface area contributed by atoms with Gasteiger partial charge in [-0.3, -0.25) is 29.4 Å². The fraction of sp³-hybridized carbons (Fsp3) is 0.375. The van der Waals surface area contributed by atoms with E-state index in [2.05, 4.69) is 10.6 Å². The number of hydrogen-bond acceptors (Lipinski definition) is 18. The zero-order valence-electron chi connectivity index (χ0n) is 32.1. The third-order valence-corrected chi connectivity index (χ3v) is 14.3. The van der Waals surface area contributed by atoms with Gasteiger partial charge in [-0.25, -0.2) is 27.1 Å². The summed E-state index contributed by atoms with van der Waals surface area (Å²) in [6, 6.07) is 10.1. The molecule has 0 aliphatic heterocycles. The maximum absolute atomic E-state index is 13.2. The predicted molar refractivity (Wildman–Crippen MR) is 221 cm³/mol. The quantitative estimate of drug-likeness (QED) is 0.0272. The summed E-state index contributed by atoms with van der Waals surface area (Å²) in [6.07, 6.45) is 0.0372. The highest BCUT2D eigenvalue weighted by Crippen LogP contribution is 2.55. The van der Waals surface area contributed by atoms with Gasteiger partial charge in [-0.15, -0.1) is 0 Å². The number of hydrogen-bond donors (Lipinski definition) is 6. The molecule has 0 heterocycles. The molecule has 10 N–H and O–H groups in total. The van der Waals surface area contributed by atoms with Crippen LogP contribution in [-0.4, -0.2) is 65.2 Å². The largest absolute Gasteiger partial charge is 0.397 e. The Balaban J connectivity index is 0.000000311. The van der Waals surface area contributed by atoms with Gasteiger partial charge in [0.15, 0.2) is 0 Å². The molecule has 0 fully saturated rings. The summed E-state index contributed by atoms with van der Waals surface area (Å²) in [4.78, 5) is 20.7. The van der Waals surface area contributed by atoms with Crippen LogP contribution in [0.1, 0.15) is 41.0 Å². The molecular formula is C32H46N8O14P2S2. The SMILES string of the molecule is CCOP(=O)(CNc1c(N)cc([N+](=O)[O-])c2c(S(N)(=O)=O)cccc12)OCC.CCOP(=O)(OCC)C(CC)Nc1c(N)cc([N+](=O)[O-])c2c(S(N)(=O)=O)cccc12. The van der Waals surface area contributed by atoms with E-state index >= 15 is 0 Å². The molecule has 0 saturated heterocycles. The summed E-state index contributed by atoms with van der Waals surface area (Å²) in [5.74, 6) is -0.831. The van der Waals surface area contributed by atoms with E-state index in [1.54, 1.807) is 34.6 Å². The van der Waals surface area contributed by atoms with E-state index in [1.165, 1.54) is 30.3 Å². The van der Waals surface area contributed by atoms with E-state index < -0.39 is 72.0 Å². The van der Waals surface area contributed by atoms with Crippen LogP contribution in [0.15, 0.2) is 58.3 Å². The predicted octanol–water partition coefficient (Wildman–Crippen LogP) is 6.00. The van der Waals surface area contributed by atoms with Crippen molar-refractivity contribution >= 4 is 90.9 Å². The molecule has 1 unspecified atom stereocenters. The molecule has 58 heavy (non-hydrogen) atoms. The van der Waals surface area contributed by atoms with Gasteiger partial charge >= 0.3 is 15.2 Å². The summed E-state index contributed by atoms with van der Waals surface area (Å²) >= 11 is 0. The van der Waals surface area contributed by atoms with Gasteiger partial charge in [0.1, 0.15) is 12.1 Å². The number of anilines is 4. The molecule has 0 saturated carbocycles. The summed E-state index contributed by atoms with van der Waals surface area (Å²) in [5.41, 5.74) is 11.2. The fourth-order valence-electron chi connectivity index (χ4n) is 5.87. The van der Waals surface area contributed by atoms with Crippen molar-refractivity contribution in [2.75, 3.05) is 54.8 Å². The topological polar surface area (TPSA) is 354 Å². The molecule has 4 rings (SSSR count). The first kappa shape index (κ1) is 47.9. The van der Waals surface area contributed by atoms with Crippen molar-refractivity contribution in [3.05, 3.63) is 68.8 Å². The Morgan fingerprint density at radius 3 is 1.45 bits per heavy atom. The molecule has 26 heteroatoms. The number of nitrogens with zero attached hydrogens (tertiary/aromatic N) is 2. The van der Waals surface area contributed by atoms with Crippen molar-refractivity contribution < 1.29 is 53.9 Å². The first-order valence-corrected chi connectivity index (χ1v) is 23.8. The van der Waals surface area contributed by atoms with Crippen molar-refractivity contribution in [1.82, 2.24) is 0 Å². The molecular weight excluding hydrogens is 846 g/mol. The minimum atomic E-state index is -4.27. The second kappa shape index (κ2) is 19.5. The summed E-state index contributed by atoms with van der Waals surface area (Å²) < 4.78 is 95.0. The molecule has 0 radical (unpaired) electrons. The molecule has 4 aromatic rings. The number of rotatable bonds is 19. The van der Waals surface area contributed by atoms with Crippen molar-refractivity contribution in [2.24, 2.45) is 10.3 Å². The van der Waals surface area contributed by atoms with Gasteiger partial charge in [-0.1, -0.05) is 31.2 Å². The van der Waals surface area contributed by atoms with Crippen LogP contribution in [0.3, 0.4) is 0 Å². The Morgan fingerprint density at radius 2 is 1.09 bits per heavy atom. The van der Waals surface area contributed by atoms with Gasteiger partial charge in [0.05, 0.1) is 79.6 Å². The number of nitrogens with one attached hydrogen (secondary N) is 2. The third-order valence-electron chi connectivity index (χ3n) is 8.07. The highest BCUT2D eigenvalue weighted by Gasteiger charge is 2.36. The van der Waals surface area contributed by atoms with Gasteiger partial charge in [0.25, 0.3) is 11.4 Å². The lowest BCUT2D eigenvalue weighted by Crippen LogP contribution is -2.23. The average molecular weight is 893 g/mol. The van der Waals surface area contributed by atoms with Gasteiger partial charge in [-0.05, 0) is 46.2 Å². The lowest BCUT2D eigenvalue weighted by atomic mass is 10.0. The molecule has 0 spiro atoms. The molecule has 0 aliphatic rings. The summed E-state index contributed by atoms with van der Waals surface area (Å²) in [5, 5.41) is 39.2. The third kappa shape index (κ3) is 11.0. The van der Waals surface area contributed by atoms with Crippen molar-refractivity contribution in [3.8, 4) is 0 Å². The average Bonchev–Trinajstić information content (AvgIpc) is 3.12. The van der Waals surface area contributed by atoms with Crippen LogP contribution in [0.4, 0.5) is 34.1 Å². The normalized spacial score (nSPS) is 12.8. The number of nitro benzene ring substituents is 2. The Bertz CT molecular complexity index is 2490. The molecule has 1 atom stereocenters. The van der Waals surface area contributed by atoms with Crippen LogP contribution in [0.2, 0.25) is 0 Å². The van der Waals surface area contributed by atoms with E-state index in [4.69, 9.17) is 39.8 Å². The number of nitro groups is 2. The number of sulfonamides is 2. The second-order valence-electron chi connectivity index (χ2n) is 11.9. The number of primary sulfonamides is 2. The molecule has 22 nitrogen and oxygen atoms in total. The minimum absolute atomic E-state index is 0.0289. The Hall–Kier alpha value is -4.48. The monoisotopic (exact) mass is 892 g/mol. The van der Waals surface area contributed by atoms with Gasteiger partial charge in [-0.2, -0.15) is 0 Å². The van der Waals surface area contributed by atoms with Crippen LogP contribution < -0.4 is 32.4 Å². The number of nitrogen functional groups attached to an aromatic ring is 2. The van der Waals surface area contributed by atoms with E-state index in [-0.39, 0.29) is 77.0 Å². The van der Waals surface area contributed by atoms with Crippen LogP contribution in [0.5, 0.6) is 0 Å². The zero-order chi connectivity index (χ0) is 43.8. The highest BCUT2D eigenvalue weighted by molar-refractivity contribution is 7.89. The van der Waals surface area contributed by atoms with Crippen LogP contribution in [0.25, 0.3) is 21.5 Å². The Labute approximate surface area is 334 Å². The van der Waals surface area contributed by atoms with E-state index in [1.807, 2.05) is 0 Å². The van der Waals surface area contributed by atoms with Crippen molar-refractivity contribution in [1.29, 1.82) is 0 Å². The van der Waals surface area contributed by atoms with Crippen LogP contribution in [-0.2, 0) is 47.3 Å². The smallest absolute Gasteiger partial charge is 0.352 e. The lowest BCUT2D eigenvalue weighted by Gasteiger charge is -2.28. The maximum Gasteiger partial charge on any atom is 0.352 e. The number of non-ortho nitro benzene ring substituents is 2. The molecule has 0 aromatic heterocycles. The van der Waals surface area contributed by atoms with Gasteiger partial charge in [0.2, 0.25) is 20.0 Å². The van der Waals surface area contributed by atoms with E-state index in [0.29, 0.717) is 6.42 Å². The Morgan fingerprint density at radius 1 is 0.690 bits per heavy atom. The first-order valence-electron chi connectivity index (χ1n) is 17.4. The Kier molecular flexibility index (Phi) is 16.1. The van der Waals surface area contributed by atoms with Crippen molar-refractivity contribution in [2.45, 2.75) is 56.6 Å². The van der Waals surface area contributed by atoms with Crippen molar-refractivity contribution in [3.63, 3.8) is 0 Å². The molecule has 0 aliphatic carbocycles. The lowest BCUT2D eigenvalue weighted by molar-refractivity contribution is -0.383. The minimum Gasteiger partial charge on any atom is -0.397 e. The second-order valence-corrected chi connectivity index (χ2v) is 19.2. The first-order chi connectivity index (χ1) is 27.0. The molecule has 0 bridgehead atoms. The number of fused-ring (bicyclic) bond motifs is 2. The van der Waals surface area contributed by atoms with Gasteiger partial charge in [0, 0.05) is 22.9 Å². The summed E-state index contributed by atoms with van der Waals surface area (Å²) in [6.45, 7) is 8.97. The standard InChI is InChI=1S/C17H25N4O7PS.C15H21N4O7PS/c1-4-15(29(24,27-5-2)28-6-3)20-17-11-8-7-9-14(30(19,25)26)16(11)13(21(22)23)10-12(17)18;1-3-25-27(22,26-4-2)9-18-15-10-6-5-7-13(28(17,23)24)14(10)12(19(20)21)8-11(15)16/h7-10,15,20H,4-6,18H2,1-3H3,(H2,19,25,26);5-8,18H,3-4,9,16H2,1-2H3,(H2,17,23,24). The number of nitrogens with two attached hydrogens (primary N) is 4. The van der Waals surface area contributed by atoms with E-state index in [9.17, 15) is 46.2 Å². The van der Waals surface area contributed by atoms with Gasteiger partial charge < -0.3 is 40.2 Å².